The Morgan fingerprint density at radius 2 is 2.22 bits per heavy atom. The zero-order valence-corrected chi connectivity index (χ0v) is 9.87. The molecule has 1 N–H and O–H groups in total. The maximum atomic E-state index is 11.1. The molecule has 0 aliphatic heterocycles. The highest BCUT2D eigenvalue weighted by atomic mass is 16.4. The Labute approximate surface area is 103 Å². The third kappa shape index (κ3) is 1.75. The number of hydrogen-bond donors (Lipinski definition) is 1. The first kappa shape index (κ1) is 10.9. The van der Waals surface area contributed by atoms with Gasteiger partial charge in [0.2, 0.25) is 0 Å². The minimum atomic E-state index is -0.969. The van der Waals surface area contributed by atoms with Crippen LogP contribution in [0.2, 0.25) is 0 Å². The first-order valence-corrected chi connectivity index (χ1v) is 5.74. The smallest absolute Gasteiger partial charge is 0.339 e. The van der Waals surface area contributed by atoms with Gasteiger partial charge >= 0.3 is 5.97 Å². The minimum absolute atomic E-state index is 0.204. The molecular weight excluding hydrogens is 232 g/mol. The van der Waals surface area contributed by atoms with Crippen molar-refractivity contribution in [2.24, 2.45) is 7.05 Å². The lowest BCUT2D eigenvalue weighted by molar-refractivity contribution is 0.0694. The van der Waals surface area contributed by atoms with Crippen molar-refractivity contribution in [3.05, 3.63) is 29.8 Å². The molecule has 0 saturated heterocycles. The lowest BCUT2D eigenvalue weighted by Crippen LogP contribution is -2.08. The van der Waals surface area contributed by atoms with Gasteiger partial charge in [0.15, 0.2) is 11.6 Å². The van der Waals surface area contributed by atoms with Crippen LogP contribution in [0.3, 0.4) is 0 Å². The number of aryl methyl sites for hydroxylation is 1. The molecule has 1 fully saturated rings. The van der Waals surface area contributed by atoms with E-state index in [9.17, 15) is 4.79 Å². The number of nitrogens with zero attached hydrogens (tertiary/aromatic N) is 4. The molecule has 1 saturated carbocycles. The maximum absolute atomic E-state index is 11.1. The van der Waals surface area contributed by atoms with E-state index in [1.165, 1.54) is 6.20 Å². The third-order valence-electron chi connectivity index (χ3n) is 3.03. The molecule has 1 aliphatic carbocycles. The van der Waals surface area contributed by atoms with Crippen LogP contribution in [0.4, 0.5) is 0 Å². The van der Waals surface area contributed by atoms with E-state index in [2.05, 4.69) is 15.0 Å². The van der Waals surface area contributed by atoms with Gasteiger partial charge in [-0.25, -0.2) is 19.7 Å². The first-order valence-electron chi connectivity index (χ1n) is 5.74. The van der Waals surface area contributed by atoms with Crippen LogP contribution in [0.5, 0.6) is 0 Å². The van der Waals surface area contributed by atoms with Crippen LogP contribution >= 0.6 is 0 Å². The van der Waals surface area contributed by atoms with Gasteiger partial charge in [-0.2, -0.15) is 0 Å². The lowest BCUT2D eigenvalue weighted by atomic mass is 10.1. The summed E-state index contributed by atoms with van der Waals surface area (Å²) in [5.41, 5.74) is 0.839. The highest BCUT2D eigenvalue weighted by Gasteiger charge is 2.30. The summed E-state index contributed by atoms with van der Waals surface area (Å²) in [7, 11) is 1.85. The molecular formula is C12H12N4O2. The van der Waals surface area contributed by atoms with Crippen molar-refractivity contribution in [2.45, 2.75) is 18.8 Å². The lowest BCUT2D eigenvalue weighted by Gasteiger charge is -2.06. The standard InChI is InChI=1S/C12H12N4O2/c1-16-5-4-13-11(16)10-14-6-8(12(17)18)9(15-10)7-2-3-7/h4-7H,2-3H2,1H3,(H,17,18). The van der Waals surface area contributed by atoms with Gasteiger partial charge in [-0.3, -0.25) is 0 Å². The molecule has 0 amide bonds. The number of aromatic carboxylic acids is 1. The molecule has 3 rings (SSSR count). The monoisotopic (exact) mass is 244 g/mol. The van der Waals surface area contributed by atoms with Gasteiger partial charge in [0, 0.05) is 31.6 Å². The van der Waals surface area contributed by atoms with Gasteiger partial charge in [0.1, 0.15) is 0 Å². The average Bonchev–Trinajstić information content (AvgIpc) is 3.11. The van der Waals surface area contributed by atoms with Crippen molar-refractivity contribution in [3.63, 3.8) is 0 Å². The molecule has 0 unspecified atom stereocenters. The Bertz CT molecular complexity index is 616. The minimum Gasteiger partial charge on any atom is -0.478 e. The molecule has 0 spiro atoms. The van der Waals surface area contributed by atoms with Crippen LogP contribution in [-0.4, -0.2) is 30.6 Å². The van der Waals surface area contributed by atoms with E-state index in [-0.39, 0.29) is 11.5 Å². The van der Waals surface area contributed by atoms with Gasteiger partial charge in [-0.05, 0) is 12.8 Å². The Morgan fingerprint density at radius 3 is 2.78 bits per heavy atom. The molecule has 0 bridgehead atoms. The second kappa shape index (κ2) is 3.90. The van der Waals surface area contributed by atoms with Gasteiger partial charge < -0.3 is 9.67 Å². The molecule has 0 aromatic carbocycles. The van der Waals surface area contributed by atoms with Crippen molar-refractivity contribution in [1.29, 1.82) is 0 Å². The molecule has 0 atom stereocenters. The van der Waals surface area contributed by atoms with E-state index in [0.717, 1.165) is 12.8 Å². The number of carboxylic acid groups (broad SMARTS) is 1. The van der Waals surface area contributed by atoms with Crippen LogP contribution in [0.15, 0.2) is 18.6 Å². The average molecular weight is 244 g/mol. The molecule has 0 radical (unpaired) electrons. The van der Waals surface area contributed by atoms with Crippen LogP contribution in [0.1, 0.15) is 34.8 Å². The van der Waals surface area contributed by atoms with E-state index < -0.39 is 5.97 Å². The van der Waals surface area contributed by atoms with E-state index in [0.29, 0.717) is 17.3 Å². The number of imidazole rings is 1. The second-order valence-electron chi connectivity index (χ2n) is 4.43. The Hall–Kier alpha value is -2.24. The fourth-order valence-corrected chi connectivity index (χ4v) is 1.92. The molecule has 2 heterocycles. The van der Waals surface area contributed by atoms with Crippen LogP contribution in [-0.2, 0) is 7.05 Å². The number of carbonyl (C=O) groups is 1. The van der Waals surface area contributed by atoms with Gasteiger partial charge in [0.25, 0.3) is 0 Å². The topological polar surface area (TPSA) is 80.9 Å². The maximum Gasteiger partial charge on any atom is 0.339 e. The summed E-state index contributed by atoms with van der Waals surface area (Å²) in [6.07, 6.45) is 6.85. The molecule has 6 heteroatoms. The summed E-state index contributed by atoms with van der Waals surface area (Å²) < 4.78 is 1.81. The molecule has 92 valence electrons. The Morgan fingerprint density at radius 1 is 1.44 bits per heavy atom. The molecule has 2 aromatic rings. The first-order chi connectivity index (χ1) is 8.66. The van der Waals surface area contributed by atoms with Gasteiger partial charge in [0.05, 0.1) is 11.3 Å². The quantitative estimate of drug-likeness (QED) is 0.883. The zero-order chi connectivity index (χ0) is 12.7. The second-order valence-corrected chi connectivity index (χ2v) is 4.43. The SMILES string of the molecule is Cn1ccnc1-c1ncc(C(=O)O)c(C2CC2)n1. The van der Waals surface area contributed by atoms with Crippen LogP contribution in [0.25, 0.3) is 11.6 Å². The molecule has 2 aromatic heterocycles. The van der Waals surface area contributed by atoms with E-state index in [1.807, 2.05) is 11.6 Å². The van der Waals surface area contributed by atoms with Crippen LogP contribution < -0.4 is 0 Å². The predicted octanol–water partition coefficient (Wildman–Crippen LogP) is 1.45. The van der Waals surface area contributed by atoms with Crippen molar-refractivity contribution >= 4 is 5.97 Å². The summed E-state index contributed by atoms with van der Waals surface area (Å²) in [6, 6.07) is 0. The number of carboxylic acids is 1. The fraction of sp³-hybridized carbons (Fsp3) is 0.333. The largest absolute Gasteiger partial charge is 0.478 e. The number of rotatable bonds is 3. The fourth-order valence-electron chi connectivity index (χ4n) is 1.92. The Balaban J connectivity index is 2.11. The van der Waals surface area contributed by atoms with Crippen molar-refractivity contribution < 1.29 is 9.90 Å². The van der Waals surface area contributed by atoms with E-state index in [4.69, 9.17) is 5.11 Å². The summed E-state index contributed by atoms with van der Waals surface area (Å²) in [5.74, 6) is 0.421. The molecule has 1 aliphatic rings. The number of hydrogen-bond acceptors (Lipinski definition) is 4. The van der Waals surface area contributed by atoms with E-state index in [1.54, 1.807) is 12.4 Å². The zero-order valence-electron chi connectivity index (χ0n) is 9.87. The van der Waals surface area contributed by atoms with Gasteiger partial charge in [-0.15, -0.1) is 0 Å². The summed E-state index contributed by atoms with van der Waals surface area (Å²) in [5, 5.41) is 9.12. The molecule has 18 heavy (non-hydrogen) atoms. The van der Waals surface area contributed by atoms with Crippen LogP contribution in [0, 0.1) is 0 Å². The highest BCUT2D eigenvalue weighted by molar-refractivity contribution is 5.89. The van der Waals surface area contributed by atoms with Gasteiger partial charge in [-0.1, -0.05) is 0 Å². The number of aromatic nitrogens is 4. The third-order valence-corrected chi connectivity index (χ3v) is 3.03. The summed E-state index contributed by atoms with van der Waals surface area (Å²) >= 11 is 0. The van der Waals surface area contributed by atoms with Crippen molar-refractivity contribution in [1.82, 2.24) is 19.5 Å². The molecule has 6 nitrogen and oxygen atoms in total. The highest BCUT2D eigenvalue weighted by Crippen LogP contribution is 2.40. The van der Waals surface area contributed by atoms with E-state index >= 15 is 0 Å². The predicted molar refractivity (Wildman–Crippen MR) is 63.2 cm³/mol. The summed E-state index contributed by atoms with van der Waals surface area (Å²) in [4.78, 5) is 23.8. The van der Waals surface area contributed by atoms with Crippen molar-refractivity contribution in [2.75, 3.05) is 0 Å². The summed E-state index contributed by atoms with van der Waals surface area (Å²) in [6.45, 7) is 0. The Kier molecular flexibility index (Phi) is 2.36. The van der Waals surface area contributed by atoms with Crippen molar-refractivity contribution in [3.8, 4) is 11.6 Å². The normalized spacial score (nSPS) is 14.7.